The summed E-state index contributed by atoms with van der Waals surface area (Å²) in [4.78, 5) is 10.7. The summed E-state index contributed by atoms with van der Waals surface area (Å²) in [5.41, 5.74) is 3.92. The predicted molar refractivity (Wildman–Crippen MR) is 71.2 cm³/mol. The van der Waals surface area contributed by atoms with Crippen LogP contribution in [0.25, 0.3) is 16.6 Å². The molecular weight excluding hydrogens is 224 g/mol. The fourth-order valence-corrected chi connectivity index (χ4v) is 2.02. The van der Waals surface area contributed by atoms with Gasteiger partial charge in [-0.3, -0.25) is 4.79 Å². The molecule has 0 aliphatic heterocycles. The predicted octanol–water partition coefficient (Wildman–Crippen LogP) is 3.15. The minimum atomic E-state index is 0.672. The zero-order chi connectivity index (χ0) is 12.5. The van der Waals surface area contributed by atoms with Gasteiger partial charge >= 0.3 is 0 Å². The maximum absolute atomic E-state index is 10.7. The summed E-state index contributed by atoms with van der Waals surface area (Å²) < 4.78 is 1.88. The zero-order valence-corrected chi connectivity index (χ0v) is 10.00. The molecule has 0 bridgehead atoms. The molecule has 0 amide bonds. The second-order valence-corrected chi connectivity index (χ2v) is 4.33. The Labute approximate surface area is 105 Å². The Bertz CT molecular complexity index is 711. The maximum Gasteiger partial charge on any atom is 0.150 e. The Balaban J connectivity index is 2.18. The van der Waals surface area contributed by atoms with Crippen LogP contribution < -0.4 is 0 Å². The van der Waals surface area contributed by atoms with Gasteiger partial charge in [-0.05, 0) is 37.3 Å². The lowest BCUT2D eigenvalue weighted by Crippen LogP contribution is -1.95. The van der Waals surface area contributed by atoms with Crippen molar-refractivity contribution in [1.29, 1.82) is 0 Å². The molecule has 1 heterocycles. The monoisotopic (exact) mass is 236 g/mol. The van der Waals surface area contributed by atoms with E-state index in [1.54, 1.807) is 6.20 Å². The van der Waals surface area contributed by atoms with Gasteiger partial charge in [0.25, 0.3) is 0 Å². The van der Waals surface area contributed by atoms with E-state index in [9.17, 15) is 4.79 Å². The van der Waals surface area contributed by atoms with Gasteiger partial charge in [-0.25, -0.2) is 4.68 Å². The van der Waals surface area contributed by atoms with Crippen molar-refractivity contribution in [3.05, 3.63) is 59.8 Å². The Morgan fingerprint density at radius 1 is 1.11 bits per heavy atom. The van der Waals surface area contributed by atoms with Gasteiger partial charge in [-0.2, -0.15) is 5.10 Å². The van der Waals surface area contributed by atoms with Gasteiger partial charge in [0.15, 0.2) is 0 Å². The summed E-state index contributed by atoms with van der Waals surface area (Å²) in [5.74, 6) is 0. The molecule has 0 unspecified atom stereocenters. The Hall–Kier alpha value is -2.42. The van der Waals surface area contributed by atoms with Crippen molar-refractivity contribution in [3.63, 3.8) is 0 Å². The summed E-state index contributed by atoms with van der Waals surface area (Å²) in [5, 5.41) is 5.34. The number of aldehydes is 1. The number of nitrogens with zero attached hydrogens (tertiary/aromatic N) is 2. The van der Waals surface area contributed by atoms with Crippen LogP contribution in [0.2, 0.25) is 0 Å². The number of hydrogen-bond donors (Lipinski definition) is 0. The Morgan fingerprint density at radius 2 is 1.89 bits per heavy atom. The fourth-order valence-electron chi connectivity index (χ4n) is 2.02. The zero-order valence-electron chi connectivity index (χ0n) is 10.00. The van der Waals surface area contributed by atoms with Gasteiger partial charge in [0, 0.05) is 10.9 Å². The number of aryl methyl sites for hydroxylation is 1. The molecule has 0 aliphatic carbocycles. The third-order valence-electron chi connectivity index (χ3n) is 3.01. The molecular formula is C15H12N2O. The molecule has 3 rings (SSSR count). The molecule has 88 valence electrons. The first-order valence-electron chi connectivity index (χ1n) is 5.78. The second-order valence-electron chi connectivity index (χ2n) is 4.33. The number of aromatic nitrogens is 2. The lowest BCUT2D eigenvalue weighted by Gasteiger charge is -2.04. The molecule has 0 saturated carbocycles. The number of carbonyl (C=O) groups is 1. The smallest absolute Gasteiger partial charge is 0.150 e. The highest BCUT2D eigenvalue weighted by Crippen LogP contribution is 2.19. The number of benzene rings is 2. The van der Waals surface area contributed by atoms with Crippen LogP contribution in [0.3, 0.4) is 0 Å². The summed E-state index contributed by atoms with van der Waals surface area (Å²) in [6.07, 6.45) is 2.63. The molecule has 0 radical (unpaired) electrons. The molecule has 0 aliphatic rings. The van der Waals surface area contributed by atoms with Crippen LogP contribution in [-0.4, -0.2) is 16.1 Å². The SMILES string of the molecule is Cc1ccc(-n2ncc3cc(C=O)ccc32)cc1. The minimum absolute atomic E-state index is 0.672. The third kappa shape index (κ3) is 1.70. The standard InChI is InChI=1S/C15H12N2O/c1-11-2-5-14(6-3-11)17-15-7-4-12(10-18)8-13(15)9-16-17/h2-10H,1H3. The number of hydrogen-bond acceptors (Lipinski definition) is 2. The van der Waals surface area contributed by atoms with E-state index in [1.807, 2.05) is 35.0 Å². The van der Waals surface area contributed by atoms with E-state index in [4.69, 9.17) is 0 Å². The van der Waals surface area contributed by atoms with Gasteiger partial charge in [0.1, 0.15) is 6.29 Å². The minimum Gasteiger partial charge on any atom is -0.298 e. The molecule has 0 fully saturated rings. The topological polar surface area (TPSA) is 34.9 Å². The molecule has 0 saturated heterocycles. The average Bonchev–Trinajstić information content (AvgIpc) is 2.82. The third-order valence-corrected chi connectivity index (χ3v) is 3.01. The fraction of sp³-hybridized carbons (Fsp3) is 0.0667. The summed E-state index contributed by atoms with van der Waals surface area (Å²) in [7, 11) is 0. The highest BCUT2D eigenvalue weighted by molar-refractivity contribution is 5.87. The largest absolute Gasteiger partial charge is 0.298 e. The Morgan fingerprint density at radius 3 is 2.61 bits per heavy atom. The molecule has 2 aromatic carbocycles. The summed E-state index contributed by atoms with van der Waals surface area (Å²) in [6, 6.07) is 13.8. The van der Waals surface area contributed by atoms with Gasteiger partial charge in [-0.1, -0.05) is 17.7 Å². The lowest BCUT2D eigenvalue weighted by molar-refractivity contribution is 0.112. The van der Waals surface area contributed by atoms with Crippen molar-refractivity contribution in [1.82, 2.24) is 9.78 Å². The van der Waals surface area contributed by atoms with Gasteiger partial charge in [-0.15, -0.1) is 0 Å². The first-order valence-corrected chi connectivity index (χ1v) is 5.78. The van der Waals surface area contributed by atoms with Crippen LogP contribution in [0.5, 0.6) is 0 Å². The van der Waals surface area contributed by atoms with Crippen molar-refractivity contribution in [2.75, 3.05) is 0 Å². The first kappa shape index (κ1) is 10.7. The normalized spacial score (nSPS) is 10.7. The molecule has 3 aromatic rings. The highest BCUT2D eigenvalue weighted by atomic mass is 16.1. The van der Waals surface area contributed by atoms with Crippen LogP contribution in [0.15, 0.2) is 48.7 Å². The van der Waals surface area contributed by atoms with E-state index < -0.39 is 0 Å². The van der Waals surface area contributed by atoms with E-state index in [1.165, 1.54) is 5.56 Å². The molecule has 3 heteroatoms. The van der Waals surface area contributed by atoms with Crippen LogP contribution in [0.4, 0.5) is 0 Å². The summed E-state index contributed by atoms with van der Waals surface area (Å²) in [6.45, 7) is 2.06. The van der Waals surface area contributed by atoms with Crippen LogP contribution >= 0.6 is 0 Å². The van der Waals surface area contributed by atoms with E-state index >= 15 is 0 Å². The molecule has 3 nitrogen and oxygen atoms in total. The quantitative estimate of drug-likeness (QED) is 0.641. The van der Waals surface area contributed by atoms with Crippen molar-refractivity contribution < 1.29 is 4.79 Å². The Kier molecular flexibility index (Phi) is 2.45. The van der Waals surface area contributed by atoms with Crippen molar-refractivity contribution in [2.45, 2.75) is 6.92 Å². The van der Waals surface area contributed by atoms with E-state index in [0.717, 1.165) is 22.9 Å². The van der Waals surface area contributed by atoms with E-state index in [0.29, 0.717) is 5.56 Å². The second kappa shape index (κ2) is 4.11. The molecule has 1 aromatic heterocycles. The van der Waals surface area contributed by atoms with Crippen molar-refractivity contribution in [3.8, 4) is 5.69 Å². The summed E-state index contributed by atoms with van der Waals surface area (Å²) >= 11 is 0. The number of carbonyl (C=O) groups excluding carboxylic acids is 1. The molecule has 0 N–H and O–H groups in total. The average molecular weight is 236 g/mol. The van der Waals surface area contributed by atoms with Gasteiger partial charge in [0.2, 0.25) is 0 Å². The molecule has 18 heavy (non-hydrogen) atoms. The van der Waals surface area contributed by atoms with Crippen molar-refractivity contribution in [2.24, 2.45) is 0 Å². The van der Waals surface area contributed by atoms with Crippen molar-refractivity contribution >= 4 is 17.2 Å². The van der Waals surface area contributed by atoms with E-state index in [-0.39, 0.29) is 0 Å². The highest BCUT2D eigenvalue weighted by Gasteiger charge is 2.05. The molecule has 0 atom stereocenters. The molecule has 0 spiro atoms. The lowest BCUT2D eigenvalue weighted by atomic mass is 10.2. The van der Waals surface area contributed by atoms with Crippen LogP contribution in [-0.2, 0) is 0 Å². The maximum atomic E-state index is 10.7. The van der Waals surface area contributed by atoms with Gasteiger partial charge in [0.05, 0.1) is 17.4 Å². The van der Waals surface area contributed by atoms with Gasteiger partial charge < -0.3 is 0 Å². The number of rotatable bonds is 2. The first-order chi connectivity index (χ1) is 8.78. The van der Waals surface area contributed by atoms with Crippen LogP contribution in [0.1, 0.15) is 15.9 Å². The van der Waals surface area contributed by atoms with Crippen LogP contribution in [0, 0.1) is 6.92 Å². The van der Waals surface area contributed by atoms with E-state index in [2.05, 4.69) is 24.2 Å². The number of fused-ring (bicyclic) bond motifs is 1.